The number of halogens is 4. The number of hydrogen-bond acceptors (Lipinski definition) is 1. The lowest BCUT2D eigenvalue weighted by molar-refractivity contribution is 0.623. The van der Waals surface area contributed by atoms with Crippen molar-refractivity contribution in [1.29, 1.82) is 0 Å². The van der Waals surface area contributed by atoms with Crippen LogP contribution in [0.1, 0.15) is 0 Å². The molecule has 0 saturated carbocycles. The van der Waals surface area contributed by atoms with Crippen LogP contribution in [0.4, 0.5) is 4.39 Å². The fourth-order valence-corrected chi connectivity index (χ4v) is 3.50. The van der Waals surface area contributed by atoms with Crippen LogP contribution in [0.5, 0.6) is 0 Å². The van der Waals surface area contributed by atoms with Crippen molar-refractivity contribution >= 4 is 66.7 Å². The van der Waals surface area contributed by atoms with Gasteiger partial charge in [0.05, 0.1) is 21.2 Å². The van der Waals surface area contributed by atoms with E-state index >= 15 is 0 Å². The molecule has 7 heteroatoms. The summed E-state index contributed by atoms with van der Waals surface area (Å²) >= 11 is 17.9. The van der Waals surface area contributed by atoms with Crippen molar-refractivity contribution in [2.75, 3.05) is 0 Å². The van der Waals surface area contributed by atoms with Crippen molar-refractivity contribution in [3.05, 3.63) is 54.9 Å². The molecule has 2 aromatic carbocycles. The summed E-state index contributed by atoms with van der Waals surface area (Å²) < 4.78 is 17.1. The van der Waals surface area contributed by atoms with Gasteiger partial charge in [0.2, 0.25) is 0 Å². The van der Waals surface area contributed by atoms with Crippen LogP contribution in [-0.4, -0.2) is 9.55 Å². The van der Waals surface area contributed by atoms with E-state index in [1.807, 2.05) is 10.6 Å². The number of hydrogen-bond donors (Lipinski definition) is 1. The number of rotatable bonds is 1. The highest BCUT2D eigenvalue weighted by molar-refractivity contribution is 9.10. The maximum Gasteiger partial charge on any atom is 0.182 e. The maximum absolute atomic E-state index is 13.6. The molecule has 0 spiro atoms. The van der Waals surface area contributed by atoms with Crippen molar-refractivity contribution in [3.63, 3.8) is 0 Å². The zero-order valence-electron chi connectivity index (χ0n) is 9.75. The van der Waals surface area contributed by atoms with Crippen LogP contribution in [0.2, 0.25) is 5.02 Å². The Bertz CT molecular complexity index is 888. The second-order valence-electron chi connectivity index (χ2n) is 4.14. The molecule has 0 saturated heterocycles. The molecule has 2 nitrogen and oxygen atoms in total. The fraction of sp³-hybridized carbons (Fsp3) is 0. The number of aromatic nitrogens is 2. The summed E-state index contributed by atoms with van der Waals surface area (Å²) in [5, 5.41) is 0.624. The molecule has 3 aromatic rings. The van der Waals surface area contributed by atoms with Crippen molar-refractivity contribution in [2.45, 2.75) is 0 Å². The Morgan fingerprint density at radius 1 is 1.15 bits per heavy atom. The first-order valence-electron chi connectivity index (χ1n) is 5.52. The Morgan fingerprint density at radius 3 is 2.60 bits per heavy atom. The third-order valence-corrected chi connectivity index (χ3v) is 4.64. The normalized spacial score (nSPS) is 11.2. The maximum atomic E-state index is 13.6. The molecule has 0 aliphatic carbocycles. The second kappa shape index (κ2) is 5.26. The van der Waals surface area contributed by atoms with Gasteiger partial charge in [0, 0.05) is 15.6 Å². The van der Waals surface area contributed by atoms with Gasteiger partial charge in [-0.25, -0.2) is 4.39 Å². The standard InChI is InChI=1S/C13H6Br2ClFN2S/c14-7-4-12-10(5-9(7)17)18-13(20)19(12)11-2-1-6(16)3-8(11)15/h1-5H,(H,18,20). The van der Waals surface area contributed by atoms with Gasteiger partial charge in [0.1, 0.15) is 5.82 Å². The molecule has 0 amide bonds. The smallest absolute Gasteiger partial charge is 0.182 e. The van der Waals surface area contributed by atoms with E-state index in [0.29, 0.717) is 19.8 Å². The van der Waals surface area contributed by atoms with Crippen LogP contribution in [0.15, 0.2) is 39.3 Å². The van der Waals surface area contributed by atoms with E-state index < -0.39 is 0 Å². The van der Waals surface area contributed by atoms with Crippen LogP contribution in [-0.2, 0) is 0 Å². The molecule has 0 aliphatic heterocycles. The van der Waals surface area contributed by atoms with E-state index in [9.17, 15) is 4.39 Å². The first kappa shape index (κ1) is 14.3. The van der Waals surface area contributed by atoms with Gasteiger partial charge in [-0.2, -0.15) is 0 Å². The zero-order chi connectivity index (χ0) is 14.4. The van der Waals surface area contributed by atoms with Gasteiger partial charge < -0.3 is 4.98 Å². The predicted octanol–water partition coefficient (Wildman–Crippen LogP) is 6.01. The quantitative estimate of drug-likeness (QED) is 0.464. The molecule has 0 atom stereocenters. The van der Waals surface area contributed by atoms with E-state index in [2.05, 4.69) is 36.8 Å². The van der Waals surface area contributed by atoms with Crippen LogP contribution in [0, 0.1) is 10.6 Å². The van der Waals surface area contributed by atoms with E-state index in [1.165, 1.54) is 6.07 Å². The lowest BCUT2D eigenvalue weighted by Crippen LogP contribution is -1.95. The minimum absolute atomic E-state index is 0.337. The number of fused-ring (bicyclic) bond motifs is 1. The van der Waals surface area contributed by atoms with Crippen molar-refractivity contribution in [1.82, 2.24) is 9.55 Å². The number of imidazole rings is 1. The SMILES string of the molecule is Fc1cc2[nH]c(=S)n(-c3ccc(Cl)cc3Br)c2cc1Br. The summed E-state index contributed by atoms with van der Waals surface area (Å²) in [5.41, 5.74) is 2.26. The summed E-state index contributed by atoms with van der Waals surface area (Å²) in [7, 11) is 0. The molecule has 1 N–H and O–H groups in total. The summed E-state index contributed by atoms with van der Waals surface area (Å²) in [6.45, 7) is 0. The lowest BCUT2D eigenvalue weighted by Gasteiger charge is -2.08. The Labute approximate surface area is 140 Å². The van der Waals surface area contributed by atoms with E-state index in [0.717, 1.165) is 15.7 Å². The molecule has 0 aliphatic rings. The molecule has 102 valence electrons. The van der Waals surface area contributed by atoms with E-state index in [-0.39, 0.29) is 5.82 Å². The number of H-pyrrole nitrogens is 1. The number of benzene rings is 2. The molecule has 3 rings (SSSR count). The molecular weight excluding hydrogens is 430 g/mol. The van der Waals surface area contributed by atoms with Gasteiger partial charge >= 0.3 is 0 Å². The van der Waals surface area contributed by atoms with E-state index in [1.54, 1.807) is 18.2 Å². The molecule has 20 heavy (non-hydrogen) atoms. The fourth-order valence-electron chi connectivity index (χ4n) is 2.00. The molecular formula is C13H6Br2ClFN2S. The summed E-state index contributed by atoms with van der Waals surface area (Å²) in [6.07, 6.45) is 0. The molecule has 1 heterocycles. The highest BCUT2D eigenvalue weighted by atomic mass is 79.9. The Kier molecular flexibility index (Phi) is 3.75. The van der Waals surface area contributed by atoms with Gasteiger partial charge in [-0.1, -0.05) is 11.6 Å². The third kappa shape index (κ3) is 2.35. The zero-order valence-corrected chi connectivity index (χ0v) is 14.5. The number of aromatic amines is 1. The highest BCUT2D eigenvalue weighted by Gasteiger charge is 2.12. The first-order valence-corrected chi connectivity index (χ1v) is 7.90. The van der Waals surface area contributed by atoms with Crippen LogP contribution < -0.4 is 0 Å². The highest BCUT2D eigenvalue weighted by Crippen LogP contribution is 2.30. The average Bonchev–Trinajstić information content (AvgIpc) is 2.66. The Hall–Kier alpha value is -0.690. The molecule has 0 fully saturated rings. The van der Waals surface area contributed by atoms with Crippen molar-refractivity contribution in [2.24, 2.45) is 0 Å². The van der Waals surface area contributed by atoms with Crippen LogP contribution in [0.3, 0.4) is 0 Å². The second-order valence-corrected chi connectivity index (χ2v) is 6.68. The van der Waals surface area contributed by atoms with Crippen molar-refractivity contribution < 1.29 is 4.39 Å². The van der Waals surface area contributed by atoms with Gasteiger partial charge in [-0.3, -0.25) is 4.57 Å². The predicted molar refractivity (Wildman–Crippen MR) is 88.8 cm³/mol. The van der Waals surface area contributed by atoms with Crippen molar-refractivity contribution in [3.8, 4) is 5.69 Å². The summed E-state index contributed by atoms with van der Waals surface area (Å²) in [6, 6.07) is 8.52. The average molecular weight is 437 g/mol. The molecule has 0 unspecified atom stereocenters. The molecule has 1 aromatic heterocycles. The molecule has 0 radical (unpaired) electrons. The van der Waals surface area contributed by atoms with Gasteiger partial charge in [0.15, 0.2) is 4.77 Å². The lowest BCUT2D eigenvalue weighted by atomic mass is 10.2. The Morgan fingerprint density at radius 2 is 1.90 bits per heavy atom. The number of nitrogens with one attached hydrogen (secondary N) is 1. The molecule has 0 bridgehead atoms. The number of nitrogens with zero attached hydrogens (tertiary/aromatic N) is 1. The topological polar surface area (TPSA) is 20.7 Å². The Balaban J connectivity index is 2.39. The first-order chi connectivity index (χ1) is 9.47. The minimum Gasteiger partial charge on any atom is -0.330 e. The third-order valence-electron chi connectivity index (χ3n) is 2.87. The largest absolute Gasteiger partial charge is 0.330 e. The van der Waals surface area contributed by atoms with E-state index in [4.69, 9.17) is 23.8 Å². The van der Waals surface area contributed by atoms with Gasteiger partial charge in [-0.05, 0) is 68.3 Å². The van der Waals surface area contributed by atoms with Crippen LogP contribution in [0.25, 0.3) is 16.7 Å². The summed E-state index contributed by atoms with van der Waals surface area (Å²) in [4.78, 5) is 3.00. The van der Waals surface area contributed by atoms with Gasteiger partial charge in [-0.15, -0.1) is 0 Å². The minimum atomic E-state index is -0.337. The summed E-state index contributed by atoms with van der Waals surface area (Å²) in [5.74, 6) is -0.337. The van der Waals surface area contributed by atoms with Gasteiger partial charge in [0.25, 0.3) is 0 Å². The van der Waals surface area contributed by atoms with Crippen LogP contribution >= 0.6 is 55.7 Å². The monoisotopic (exact) mass is 434 g/mol.